The summed E-state index contributed by atoms with van der Waals surface area (Å²) in [4.78, 5) is 12.0. The SMILES string of the molecule is CC[C@H](Nc1cccc(OC)c1)C(=O)NCCCN. The van der Waals surface area contributed by atoms with Gasteiger partial charge in [0.05, 0.1) is 7.11 Å². The second-order valence-corrected chi connectivity index (χ2v) is 4.27. The van der Waals surface area contributed by atoms with Crippen molar-refractivity contribution in [2.45, 2.75) is 25.8 Å². The molecule has 0 bridgehead atoms. The van der Waals surface area contributed by atoms with Crippen molar-refractivity contribution in [1.29, 1.82) is 0 Å². The van der Waals surface area contributed by atoms with Crippen LogP contribution in [0.25, 0.3) is 0 Å². The highest BCUT2D eigenvalue weighted by molar-refractivity contribution is 5.84. The number of nitrogens with one attached hydrogen (secondary N) is 2. The van der Waals surface area contributed by atoms with Crippen molar-refractivity contribution in [3.8, 4) is 5.75 Å². The molecule has 0 unspecified atom stereocenters. The van der Waals surface area contributed by atoms with Gasteiger partial charge in [0, 0.05) is 18.3 Å². The highest BCUT2D eigenvalue weighted by Crippen LogP contribution is 2.18. The largest absolute Gasteiger partial charge is 0.497 e. The van der Waals surface area contributed by atoms with Gasteiger partial charge >= 0.3 is 0 Å². The Morgan fingerprint density at radius 2 is 2.26 bits per heavy atom. The van der Waals surface area contributed by atoms with E-state index < -0.39 is 0 Å². The molecule has 1 amide bonds. The highest BCUT2D eigenvalue weighted by Gasteiger charge is 2.15. The van der Waals surface area contributed by atoms with Crippen molar-refractivity contribution in [3.63, 3.8) is 0 Å². The van der Waals surface area contributed by atoms with Gasteiger partial charge in [-0.3, -0.25) is 4.79 Å². The Kier molecular flexibility index (Phi) is 6.74. The first-order valence-electron chi connectivity index (χ1n) is 6.59. The van der Waals surface area contributed by atoms with E-state index >= 15 is 0 Å². The molecule has 0 fully saturated rings. The van der Waals surface area contributed by atoms with Crippen molar-refractivity contribution in [1.82, 2.24) is 5.32 Å². The first-order chi connectivity index (χ1) is 9.21. The lowest BCUT2D eigenvalue weighted by Gasteiger charge is -2.18. The van der Waals surface area contributed by atoms with Crippen LogP contribution in [-0.4, -0.2) is 32.1 Å². The Bertz CT molecular complexity index is 396. The molecular formula is C14H23N3O2. The number of methoxy groups -OCH3 is 1. The van der Waals surface area contributed by atoms with Gasteiger partial charge in [-0.2, -0.15) is 0 Å². The average Bonchev–Trinajstić information content (AvgIpc) is 2.45. The molecule has 0 spiro atoms. The van der Waals surface area contributed by atoms with Crippen LogP contribution in [0.1, 0.15) is 19.8 Å². The first-order valence-corrected chi connectivity index (χ1v) is 6.59. The molecule has 0 aliphatic heterocycles. The number of hydrogen-bond acceptors (Lipinski definition) is 4. The molecule has 0 heterocycles. The van der Waals surface area contributed by atoms with Crippen molar-refractivity contribution in [3.05, 3.63) is 24.3 Å². The van der Waals surface area contributed by atoms with E-state index in [1.807, 2.05) is 31.2 Å². The molecule has 5 heteroatoms. The zero-order valence-corrected chi connectivity index (χ0v) is 11.6. The van der Waals surface area contributed by atoms with Gasteiger partial charge in [-0.25, -0.2) is 0 Å². The standard InChI is InChI=1S/C14H23N3O2/c1-3-13(14(18)16-9-5-8-15)17-11-6-4-7-12(10-11)19-2/h4,6-7,10,13,17H,3,5,8-9,15H2,1-2H3,(H,16,18)/t13-/m0/s1. The molecule has 0 aliphatic carbocycles. The summed E-state index contributed by atoms with van der Waals surface area (Å²) in [6, 6.07) is 7.30. The van der Waals surface area contributed by atoms with Crippen LogP contribution in [0.3, 0.4) is 0 Å². The predicted octanol–water partition coefficient (Wildman–Crippen LogP) is 1.35. The molecule has 5 nitrogen and oxygen atoms in total. The van der Waals surface area contributed by atoms with Crippen molar-refractivity contribution >= 4 is 11.6 Å². The first kappa shape index (κ1) is 15.3. The second kappa shape index (κ2) is 8.37. The lowest BCUT2D eigenvalue weighted by Crippen LogP contribution is -2.40. The number of nitrogens with two attached hydrogens (primary N) is 1. The number of hydrogen-bond donors (Lipinski definition) is 3. The summed E-state index contributed by atoms with van der Waals surface area (Å²) in [5.41, 5.74) is 6.27. The number of carbonyl (C=O) groups is 1. The summed E-state index contributed by atoms with van der Waals surface area (Å²) in [5.74, 6) is 0.766. The fourth-order valence-corrected chi connectivity index (χ4v) is 1.70. The van der Waals surface area contributed by atoms with E-state index in [9.17, 15) is 4.79 Å². The maximum atomic E-state index is 12.0. The zero-order chi connectivity index (χ0) is 14.1. The molecule has 1 aromatic rings. The third-order valence-corrected chi connectivity index (χ3v) is 2.82. The smallest absolute Gasteiger partial charge is 0.242 e. The Balaban J connectivity index is 2.57. The summed E-state index contributed by atoms with van der Waals surface area (Å²) in [5, 5.41) is 6.08. The molecule has 0 saturated heterocycles. The summed E-state index contributed by atoms with van der Waals surface area (Å²) >= 11 is 0. The molecule has 1 atom stereocenters. The summed E-state index contributed by atoms with van der Waals surface area (Å²) in [6.45, 7) is 3.17. The van der Waals surface area contributed by atoms with Crippen LogP contribution in [0.15, 0.2) is 24.3 Å². The highest BCUT2D eigenvalue weighted by atomic mass is 16.5. The molecule has 1 rings (SSSR count). The maximum absolute atomic E-state index is 12.0. The fourth-order valence-electron chi connectivity index (χ4n) is 1.70. The minimum absolute atomic E-state index is 0.00114. The van der Waals surface area contributed by atoms with Gasteiger partial charge < -0.3 is 21.1 Å². The normalized spacial score (nSPS) is 11.7. The van der Waals surface area contributed by atoms with Crippen LogP contribution in [0.2, 0.25) is 0 Å². The van der Waals surface area contributed by atoms with E-state index in [1.165, 1.54) is 0 Å². The number of anilines is 1. The van der Waals surface area contributed by atoms with Crippen molar-refractivity contribution < 1.29 is 9.53 Å². The fraction of sp³-hybridized carbons (Fsp3) is 0.500. The van der Waals surface area contributed by atoms with E-state index in [0.29, 0.717) is 19.5 Å². The zero-order valence-electron chi connectivity index (χ0n) is 11.6. The summed E-state index contributed by atoms with van der Waals surface area (Å²) in [7, 11) is 1.62. The third-order valence-electron chi connectivity index (χ3n) is 2.82. The van der Waals surface area contributed by atoms with Gasteiger partial charge in [0.25, 0.3) is 0 Å². The number of benzene rings is 1. The third kappa shape index (κ3) is 5.18. The molecule has 0 saturated carbocycles. The number of rotatable bonds is 8. The Morgan fingerprint density at radius 3 is 2.89 bits per heavy atom. The molecule has 106 valence electrons. The minimum Gasteiger partial charge on any atom is -0.497 e. The average molecular weight is 265 g/mol. The Morgan fingerprint density at radius 1 is 1.47 bits per heavy atom. The number of ether oxygens (including phenoxy) is 1. The predicted molar refractivity (Wildman–Crippen MR) is 77.4 cm³/mol. The van der Waals surface area contributed by atoms with E-state index in [2.05, 4.69) is 10.6 Å². The van der Waals surface area contributed by atoms with E-state index in [0.717, 1.165) is 17.9 Å². The van der Waals surface area contributed by atoms with Crippen LogP contribution in [0, 0.1) is 0 Å². The Hall–Kier alpha value is -1.75. The lowest BCUT2D eigenvalue weighted by atomic mass is 10.2. The van der Waals surface area contributed by atoms with E-state index in [-0.39, 0.29) is 11.9 Å². The van der Waals surface area contributed by atoms with E-state index in [1.54, 1.807) is 7.11 Å². The van der Waals surface area contributed by atoms with Crippen molar-refractivity contribution in [2.75, 3.05) is 25.5 Å². The van der Waals surface area contributed by atoms with Crippen LogP contribution in [0.4, 0.5) is 5.69 Å². The molecule has 1 aromatic carbocycles. The molecule has 0 radical (unpaired) electrons. The van der Waals surface area contributed by atoms with Gasteiger partial charge in [-0.15, -0.1) is 0 Å². The van der Waals surface area contributed by atoms with Crippen LogP contribution >= 0.6 is 0 Å². The van der Waals surface area contributed by atoms with Crippen LogP contribution in [0.5, 0.6) is 5.75 Å². The molecular weight excluding hydrogens is 242 g/mol. The van der Waals surface area contributed by atoms with E-state index in [4.69, 9.17) is 10.5 Å². The summed E-state index contributed by atoms with van der Waals surface area (Å²) in [6.07, 6.45) is 1.51. The topological polar surface area (TPSA) is 76.4 Å². The lowest BCUT2D eigenvalue weighted by molar-refractivity contribution is -0.121. The summed E-state index contributed by atoms with van der Waals surface area (Å²) < 4.78 is 5.16. The minimum atomic E-state index is -0.245. The van der Waals surface area contributed by atoms with Gasteiger partial charge in [-0.1, -0.05) is 13.0 Å². The van der Waals surface area contributed by atoms with Gasteiger partial charge in [0.1, 0.15) is 11.8 Å². The molecule has 19 heavy (non-hydrogen) atoms. The van der Waals surface area contributed by atoms with Gasteiger partial charge in [-0.05, 0) is 31.5 Å². The molecule has 4 N–H and O–H groups in total. The Labute approximate surface area is 114 Å². The monoisotopic (exact) mass is 265 g/mol. The van der Waals surface area contributed by atoms with Crippen LogP contribution < -0.4 is 21.1 Å². The van der Waals surface area contributed by atoms with Crippen molar-refractivity contribution in [2.24, 2.45) is 5.73 Å². The maximum Gasteiger partial charge on any atom is 0.242 e. The number of amides is 1. The van der Waals surface area contributed by atoms with Crippen LogP contribution in [-0.2, 0) is 4.79 Å². The quantitative estimate of drug-likeness (QED) is 0.620. The van der Waals surface area contributed by atoms with Gasteiger partial charge in [0.2, 0.25) is 5.91 Å². The van der Waals surface area contributed by atoms with Gasteiger partial charge in [0.15, 0.2) is 0 Å². The second-order valence-electron chi connectivity index (χ2n) is 4.27. The molecule has 0 aromatic heterocycles. The number of carbonyl (C=O) groups excluding carboxylic acids is 1. The molecule has 0 aliphatic rings.